The monoisotopic (exact) mass is 283 g/mol. The summed E-state index contributed by atoms with van der Waals surface area (Å²) in [5.41, 5.74) is 5.98. The van der Waals surface area contributed by atoms with E-state index >= 15 is 0 Å². The summed E-state index contributed by atoms with van der Waals surface area (Å²) < 4.78 is 26.7. The smallest absolute Gasteiger partial charge is 0.153 e. The van der Waals surface area contributed by atoms with Crippen molar-refractivity contribution in [1.82, 2.24) is 4.90 Å². The summed E-state index contributed by atoms with van der Waals surface area (Å²) in [5, 5.41) is 11.7. The summed E-state index contributed by atoms with van der Waals surface area (Å²) in [6.07, 6.45) is 4.29. The number of benzene rings is 1. The number of nitrogens with two attached hydrogens (primary N) is 1. The predicted octanol–water partition coefficient (Wildman–Crippen LogP) is 2.46. The first-order valence-corrected chi connectivity index (χ1v) is 6.74. The molecule has 4 nitrogen and oxygen atoms in total. The normalized spacial score (nSPS) is 17.1. The zero-order chi connectivity index (χ0) is 14.5. The average Bonchev–Trinajstić information content (AvgIpc) is 2.94. The van der Waals surface area contributed by atoms with Gasteiger partial charge in [-0.15, -0.1) is 0 Å². The van der Waals surface area contributed by atoms with Gasteiger partial charge in [-0.05, 0) is 18.9 Å². The largest absolute Gasteiger partial charge is 0.409 e. The number of oxime groups is 1. The third-order valence-electron chi connectivity index (χ3n) is 3.72. The molecular formula is C14H19F2N3O. The quantitative estimate of drug-likeness (QED) is 0.378. The summed E-state index contributed by atoms with van der Waals surface area (Å²) in [6, 6.07) is 3.86. The molecule has 0 aromatic heterocycles. The lowest BCUT2D eigenvalue weighted by Crippen LogP contribution is -2.39. The molecule has 1 aliphatic rings. The van der Waals surface area contributed by atoms with E-state index in [1.54, 1.807) is 0 Å². The van der Waals surface area contributed by atoms with Gasteiger partial charge in [0, 0.05) is 24.2 Å². The topological polar surface area (TPSA) is 61.8 Å². The van der Waals surface area contributed by atoms with Gasteiger partial charge in [0.2, 0.25) is 0 Å². The number of hydrogen-bond acceptors (Lipinski definition) is 3. The Kier molecular flexibility index (Phi) is 4.89. The van der Waals surface area contributed by atoms with Crippen molar-refractivity contribution in [3.05, 3.63) is 35.4 Å². The second-order valence-electron chi connectivity index (χ2n) is 5.17. The van der Waals surface area contributed by atoms with Crippen LogP contribution in [0.25, 0.3) is 0 Å². The van der Waals surface area contributed by atoms with Gasteiger partial charge in [0.15, 0.2) is 5.84 Å². The Morgan fingerprint density at radius 2 is 2.05 bits per heavy atom. The number of hydrogen-bond donors (Lipinski definition) is 2. The third-order valence-corrected chi connectivity index (χ3v) is 3.72. The standard InChI is InChI=1S/C14H19F2N3O/c15-11-6-5-10(13(16)7-11)8-19(9-14(17)18-20)12-3-1-2-4-12/h5-7,12,20H,1-4,8-9H2,(H2,17,18). The minimum Gasteiger partial charge on any atom is -0.409 e. The minimum atomic E-state index is -0.588. The fraction of sp³-hybridized carbons (Fsp3) is 0.500. The lowest BCUT2D eigenvalue weighted by Gasteiger charge is -2.28. The van der Waals surface area contributed by atoms with E-state index in [1.807, 2.05) is 4.90 Å². The van der Waals surface area contributed by atoms with E-state index in [0.717, 1.165) is 31.7 Å². The molecule has 0 amide bonds. The van der Waals surface area contributed by atoms with Crippen LogP contribution >= 0.6 is 0 Å². The number of nitrogens with zero attached hydrogens (tertiary/aromatic N) is 2. The van der Waals surface area contributed by atoms with E-state index in [1.165, 1.54) is 12.1 Å². The second-order valence-corrected chi connectivity index (χ2v) is 5.17. The molecule has 1 saturated carbocycles. The fourth-order valence-corrected chi connectivity index (χ4v) is 2.69. The Balaban J connectivity index is 2.13. The predicted molar refractivity (Wildman–Crippen MR) is 72.4 cm³/mol. The van der Waals surface area contributed by atoms with Crippen molar-refractivity contribution in [2.45, 2.75) is 38.3 Å². The molecule has 1 aliphatic carbocycles. The molecule has 0 saturated heterocycles. The van der Waals surface area contributed by atoms with Gasteiger partial charge in [-0.25, -0.2) is 8.78 Å². The average molecular weight is 283 g/mol. The van der Waals surface area contributed by atoms with Crippen molar-refractivity contribution in [2.75, 3.05) is 6.54 Å². The van der Waals surface area contributed by atoms with Crippen LogP contribution < -0.4 is 5.73 Å². The highest BCUT2D eigenvalue weighted by molar-refractivity contribution is 5.81. The summed E-state index contributed by atoms with van der Waals surface area (Å²) >= 11 is 0. The van der Waals surface area contributed by atoms with Crippen molar-refractivity contribution in [3.8, 4) is 0 Å². The van der Waals surface area contributed by atoms with Gasteiger partial charge in [0.1, 0.15) is 11.6 Å². The van der Waals surface area contributed by atoms with Gasteiger partial charge in [-0.2, -0.15) is 0 Å². The molecule has 0 aliphatic heterocycles. The van der Waals surface area contributed by atoms with E-state index in [2.05, 4.69) is 5.16 Å². The second kappa shape index (κ2) is 6.65. The number of rotatable bonds is 5. The van der Waals surface area contributed by atoms with Gasteiger partial charge < -0.3 is 10.9 Å². The van der Waals surface area contributed by atoms with Crippen LogP contribution in [0.1, 0.15) is 31.2 Å². The molecule has 0 spiro atoms. The fourth-order valence-electron chi connectivity index (χ4n) is 2.69. The Morgan fingerprint density at radius 3 is 2.65 bits per heavy atom. The highest BCUT2D eigenvalue weighted by Gasteiger charge is 2.24. The zero-order valence-electron chi connectivity index (χ0n) is 11.2. The number of halogens is 2. The van der Waals surface area contributed by atoms with Gasteiger partial charge in [0.05, 0.1) is 6.54 Å². The summed E-state index contributed by atoms with van der Waals surface area (Å²) in [4.78, 5) is 1.98. The zero-order valence-corrected chi connectivity index (χ0v) is 11.2. The van der Waals surface area contributed by atoms with E-state index < -0.39 is 11.6 Å². The van der Waals surface area contributed by atoms with Gasteiger partial charge in [-0.1, -0.05) is 24.1 Å². The Hall–Kier alpha value is -1.69. The van der Waals surface area contributed by atoms with Crippen molar-refractivity contribution in [1.29, 1.82) is 0 Å². The van der Waals surface area contributed by atoms with Crippen LogP contribution in [0.15, 0.2) is 23.4 Å². The molecule has 110 valence electrons. The Bertz CT molecular complexity index is 487. The lowest BCUT2D eigenvalue weighted by atomic mass is 10.1. The van der Waals surface area contributed by atoms with Crippen molar-refractivity contribution in [3.63, 3.8) is 0 Å². The van der Waals surface area contributed by atoms with E-state index in [-0.39, 0.29) is 12.4 Å². The Morgan fingerprint density at radius 1 is 1.35 bits per heavy atom. The summed E-state index contributed by atoms with van der Waals surface area (Å²) in [5.74, 6) is -1.05. The molecule has 2 rings (SSSR count). The minimum absolute atomic E-state index is 0.0967. The van der Waals surface area contributed by atoms with Crippen molar-refractivity contribution in [2.24, 2.45) is 10.9 Å². The van der Waals surface area contributed by atoms with E-state index in [9.17, 15) is 8.78 Å². The molecule has 0 bridgehead atoms. The lowest BCUT2D eigenvalue weighted by molar-refractivity contribution is 0.211. The van der Waals surface area contributed by atoms with Crippen LogP contribution in [0, 0.1) is 11.6 Å². The molecular weight excluding hydrogens is 264 g/mol. The van der Waals surface area contributed by atoms with Crippen LogP contribution in [0.4, 0.5) is 8.78 Å². The molecule has 20 heavy (non-hydrogen) atoms. The maximum atomic E-state index is 13.7. The SMILES string of the molecule is NC(CN(Cc1ccc(F)cc1F)C1CCCC1)=NO. The third kappa shape index (κ3) is 3.66. The Labute approximate surface area is 116 Å². The van der Waals surface area contributed by atoms with Crippen molar-refractivity contribution >= 4 is 5.84 Å². The first kappa shape index (κ1) is 14.7. The molecule has 1 aromatic rings. The van der Waals surface area contributed by atoms with Gasteiger partial charge >= 0.3 is 0 Å². The maximum absolute atomic E-state index is 13.7. The van der Waals surface area contributed by atoms with Crippen LogP contribution in [0.5, 0.6) is 0 Å². The molecule has 6 heteroatoms. The number of amidine groups is 1. The molecule has 1 aromatic carbocycles. The van der Waals surface area contributed by atoms with Crippen LogP contribution in [-0.4, -0.2) is 28.5 Å². The molecule has 3 N–H and O–H groups in total. The van der Waals surface area contributed by atoms with E-state index in [4.69, 9.17) is 10.9 Å². The molecule has 0 atom stereocenters. The maximum Gasteiger partial charge on any atom is 0.153 e. The molecule has 1 fully saturated rings. The van der Waals surface area contributed by atoms with Crippen LogP contribution in [0.3, 0.4) is 0 Å². The van der Waals surface area contributed by atoms with Crippen LogP contribution in [-0.2, 0) is 6.54 Å². The van der Waals surface area contributed by atoms with Crippen LogP contribution in [0.2, 0.25) is 0 Å². The van der Waals surface area contributed by atoms with Crippen molar-refractivity contribution < 1.29 is 14.0 Å². The molecule has 0 unspecified atom stereocenters. The summed E-state index contributed by atoms with van der Waals surface area (Å²) in [6.45, 7) is 0.602. The first-order valence-electron chi connectivity index (χ1n) is 6.74. The first-order chi connectivity index (χ1) is 9.60. The van der Waals surface area contributed by atoms with Gasteiger partial charge in [0.25, 0.3) is 0 Å². The van der Waals surface area contributed by atoms with Gasteiger partial charge in [-0.3, -0.25) is 4.90 Å². The highest BCUT2D eigenvalue weighted by Crippen LogP contribution is 2.25. The molecule has 0 heterocycles. The van der Waals surface area contributed by atoms with E-state index in [0.29, 0.717) is 18.2 Å². The summed E-state index contributed by atoms with van der Waals surface area (Å²) in [7, 11) is 0. The highest BCUT2D eigenvalue weighted by atomic mass is 19.1. The molecule has 0 radical (unpaired) electrons.